The molecule has 0 heterocycles. The summed E-state index contributed by atoms with van der Waals surface area (Å²) in [5.74, 6) is 0.567. The van der Waals surface area contributed by atoms with Crippen LogP contribution in [0.2, 0.25) is 0 Å². The molecule has 2 heteroatoms. The van der Waals surface area contributed by atoms with Crippen LogP contribution < -0.4 is 5.73 Å². The molecule has 1 aliphatic carbocycles. The molecular weight excluding hydrogens is 174 g/mol. The summed E-state index contributed by atoms with van der Waals surface area (Å²) in [4.78, 5) is 0. The van der Waals surface area contributed by atoms with Gasteiger partial charge >= 0.3 is 0 Å². The molecule has 0 radical (unpaired) electrons. The van der Waals surface area contributed by atoms with Crippen molar-refractivity contribution in [3.8, 4) is 0 Å². The van der Waals surface area contributed by atoms with Gasteiger partial charge in [0.2, 0.25) is 0 Å². The molecule has 1 aliphatic rings. The normalized spacial score (nSPS) is 21.5. The molecular formula is C12H23NO. The van der Waals surface area contributed by atoms with Crippen molar-refractivity contribution in [1.29, 1.82) is 0 Å². The molecule has 0 amide bonds. The molecule has 0 spiro atoms. The summed E-state index contributed by atoms with van der Waals surface area (Å²) in [6.45, 7) is 3.02. The van der Waals surface area contributed by atoms with Gasteiger partial charge < -0.3 is 10.5 Å². The number of ether oxygens (including phenoxy) is 1. The molecule has 0 saturated heterocycles. The summed E-state index contributed by atoms with van der Waals surface area (Å²) in [5.41, 5.74) is 7.63. The van der Waals surface area contributed by atoms with Crippen molar-refractivity contribution in [2.45, 2.75) is 45.1 Å². The molecule has 1 rings (SSSR count). The lowest BCUT2D eigenvalue weighted by molar-refractivity contribution is 0.153. The van der Waals surface area contributed by atoms with Crippen molar-refractivity contribution in [1.82, 2.24) is 0 Å². The van der Waals surface area contributed by atoms with Crippen molar-refractivity contribution in [3.63, 3.8) is 0 Å². The first kappa shape index (κ1) is 11.7. The van der Waals surface area contributed by atoms with Crippen LogP contribution in [0.5, 0.6) is 0 Å². The second-order valence-electron chi connectivity index (χ2n) is 4.43. The smallest absolute Gasteiger partial charge is 0.0488 e. The van der Waals surface area contributed by atoms with E-state index in [4.69, 9.17) is 10.5 Å². The summed E-state index contributed by atoms with van der Waals surface area (Å²) in [5, 5.41) is 0. The fourth-order valence-corrected chi connectivity index (χ4v) is 2.14. The predicted molar refractivity (Wildman–Crippen MR) is 60.2 cm³/mol. The van der Waals surface area contributed by atoms with Gasteiger partial charge in [-0.2, -0.15) is 0 Å². The van der Waals surface area contributed by atoms with Crippen molar-refractivity contribution in [2.75, 3.05) is 13.7 Å². The van der Waals surface area contributed by atoms with Crippen LogP contribution in [0.4, 0.5) is 0 Å². The van der Waals surface area contributed by atoms with Gasteiger partial charge in [-0.05, 0) is 38.0 Å². The highest BCUT2D eigenvalue weighted by Crippen LogP contribution is 2.22. The van der Waals surface area contributed by atoms with E-state index in [9.17, 15) is 0 Å². The number of hydrogen-bond acceptors (Lipinski definition) is 2. The van der Waals surface area contributed by atoms with E-state index in [1.165, 1.54) is 31.3 Å². The second kappa shape index (κ2) is 6.20. The van der Waals surface area contributed by atoms with E-state index >= 15 is 0 Å². The highest BCUT2D eigenvalue weighted by atomic mass is 16.5. The van der Waals surface area contributed by atoms with Crippen molar-refractivity contribution in [3.05, 3.63) is 11.6 Å². The minimum absolute atomic E-state index is 0.264. The maximum absolute atomic E-state index is 6.16. The zero-order valence-corrected chi connectivity index (χ0v) is 9.46. The third kappa shape index (κ3) is 3.81. The Balaban J connectivity index is 2.32. The lowest BCUT2D eigenvalue weighted by Crippen LogP contribution is -2.27. The summed E-state index contributed by atoms with van der Waals surface area (Å²) < 4.78 is 5.12. The lowest BCUT2D eigenvalue weighted by Gasteiger charge is -2.22. The van der Waals surface area contributed by atoms with Gasteiger partial charge in [0.1, 0.15) is 0 Å². The molecule has 0 aliphatic heterocycles. The Labute approximate surface area is 87.5 Å². The third-order valence-corrected chi connectivity index (χ3v) is 2.91. The number of allylic oxidation sites excluding steroid dienone is 1. The monoisotopic (exact) mass is 197 g/mol. The van der Waals surface area contributed by atoms with Crippen LogP contribution in [-0.2, 0) is 4.74 Å². The lowest BCUT2D eigenvalue weighted by atomic mass is 9.89. The van der Waals surface area contributed by atoms with Crippen LogP contribution >= 0.6 is 0 Å². The molecule has 0 saturated carbocycles. The maximum atomic E-state index is 6.16. The van der Waals surface area contributed by atoms with Crippen LogP contribution in [0.1, 0.15) is 39.0 Å². The summed E-state index contributed by atoms with van der Waals surface area (Å²) in [6, 6.07) is 0.264. The Morgan fingerprint density at radius 3 is 2.86 bits per heavy atom. The predicted octanol–water partition coefficient (Wildman–Crippen LogP) is 2.49. The first-order valence-corrected chi connectivity index (χ1v) is 5.67. The Morgan fingerprint density at radius 1 is 1.50 bits per heavy atom. The molecule has 0 bridgehead atoms. The van der Waals surface area contributed by atoms with Gasteiger partial charge in [0.05, 0.1) is 0 Å². The van der Waals surface area contributed by atoms with E-state index in [0.29, 0.717) is 5.92 Å². The third-order valence-electron chi connectivity index (χ3n) is 2.91. The van der Waals surface area contributed by atoms with Gasteiger partial charge in [0, 0.05) is 19.8 Å². The molecule has 2 unspecified atom stereocenters. The quantitative estimate of drug-likeness (QED) is 0.687. The van der Waals surface area contributed by atoms with E-state index in [-0.39, 0.29) is 6.04 Å². The molecule has 14 heavy (non-hydrogen) atoms. The Morgan fingerprint density at radius 2 is 2.29 bits per heavy atom. The Hall–Kier alpha value is -0.340. The standard InChI is InChI=1S/C12H23NO/c1-10(9-14-2)8-12(13)11-6-4-3-5-7-11/h6,10,12H,3-5,7-9,13H2,1-2H3. The SMILES string of the molecule is COCC(C)CC(N)C1=CCCCC1. The van der Waals surface area contributed by atoms with Gasteiger partial charge in [0.25, 0.3) is 0 Å². The first-order valence-electron chi connectivity index (χ1n) is 5.67. The minimum atomic E-state index is 0.264. The zero-order chi connectivity index (χ0) is 10.4. The molecule has 82 valence electrons. The average Bonchev–Trinajstić information content (AvgIpc) is 2.19. The van der Waals surface area contributed by atoms with E-state index in [2.05, 4.69) is 13.0 Å². The fourth-order valence-electron chi connectivity index (χ4n) is 2.14. The van der Waals surface area contributed by atoms with Crippen molar-refractivity contribution < 1.29 is 4.74 Å². The summed E-state index contributed by atoms with van der Waals surface area (Å²) in [7, 11) is 1.75. The minimum Gasteiger partial charge on any atom is -0.384 e. The molecule has 2 N–H and O–H groups in total. The van der Waals surface area contributed by atoms with Crippen LogP contribution in [0.25, 0.3) is 0 Å². The average molecular weight is 197 g/mol. The van der Waals surface area contributed by atoms with Crippen LogP contribution in [0, 0.1) is 5.92 Å². The van der Waals surface area contributed by atoms with Gasteiger partial charge in [-0.3, -0.25) is 0 Å². The highest BCUT2D eigenvalue weighted by molar-refractivity contribution is 5.12. The fraction of sp³-hybridized carbons (Fsp3) is 0.833. The van der Waals surface area contributed by atoms with E-state index in [1.54, 1.807) is 7.11 Å². The van der Waals surface area contributed by atoms with Crippen LogP contribution in [-0.4, -0.2) is 19.8 Å². The van der Waals surface area contributed by atoms with Crippen LogP contribution in [0.15, 0.2) is 11.6 Å². The molecule has 2 nitrogen and oxygen atoms in total. The molecule has 0 aromatic carbocycles. The van der Waals surface area contributed by atoms with Gasteiger partial charge in [-0.1, -0.05) is 18.6 Å². The van der Waals surface area contributed by atoms with Gasteiger partial charge in [-0.25, -0.2) is 0 Å². The highest BCUT2D eigenvalue weighted by Gasteiger charge is 2.14. The number of nitrogens with two attached hydrogens (primary N) is 1. The molecule has 2 atom stereocenters. The zero-order valence-electron chi connectivity index (χ0n) is 9.46. The first-order chi connectivity index (χ1) is 6.74. The maximum Gasteiger partial charge on any atom is 0.0488 e. The number of methoxy groups -OCH3 is 1. The van der Waals surface area contributed by atoms with Crippen molar-refractivity contribution in [2.24, 2.45) is 11.7 Å². The molecule has 0 fully saturated rings. The van der Waals surface area contributed by atoms with Crippen molar-refractivity contribution >= 4 is 0 Å². The molecule has 0 aromatic rings. The van der Waals surface area contributed by atoms with E-state index in [1.807, 2.05) is 0 Å². The number of hydrogen-bond donors (Lipinski definition) is 1. The van der Waals surface area contributed by atoms with E-state index in [0.717, 1.165) is 13.0 Å². The van der Waals surface area contributed by atoms with E-state index < -0.39 is 0 Å². The van der Waals surface area contributed by atoms with Gasteiger partial charge in [0.15, 0.2) is 0 Å². The Kier molecular flexibility index (Phi) is 5.20. The largest absolute Gasteiger partial charge is 0.384 e. The summed E-state index contributed by atoms with van der Waals surface area (Å²) in [6.07, 6.45) is 8.48. The molecule has 0 aromatic heterocycles. The second-order valence-corrected chi connectivity index (χ2v) is 4.43. The summed E-state index contributed by atoms with van der Waals surface area (Å²) >= 11 is 0. The van der Waals surface area contributed by atoms with Crippen LogP contribution in [0.3, 0.4) is 0 Å². The number of rotatable bonds is 5. The van der Waals surface area contributed by atoms with Gasteiger partial charge in [-0.15, -0.1) is 0 Å². The topological polar surface area (TPSA) is 35.2 Å². The Bertz CT molecular complexity index is 189.